The van der Waals surface area contributed by atoms with Crippen LogP contribution in [0.3, 0.4) is 0 Å². The standard InChI is InChI=1S/C22H23FN4O2/c1-22(2)12-26(17-7-13(8-17)21(28)29)19-10-18-14(11-24-25-18)9-20(19)27(22)16-5-3-15(23)4-6-16/h3-6,9-11,13,17H,7-8,12H2,1-2H3,(H,24,25)(H,28,29). The average molecular weight is 394 g/mol. The molecule has 1 saturated carbocycles. The van der Waals surface area contributed by atoms with Gasteiger partial charge < -0.3 is 14.9 Å². The van der Waals surface area contributed by atoms with Crippen LogP contribution in [0, 0.1) is 11.7 Å². The molecule has 1 aliphatic heterocycles. The molecule has 0 bridgehead atoms. The highest BCUT2D eigenvalue weighted by molar-refractivity contribution is 5.94. The number of nitrogens with one attached hydrogen (secondary N) is 1. The first-order chi connectivity index (χ1) is 13.8. The van der Waals surface area contributed by atoms with E-state index < -0.39 is 5.97 Å². The van der Waals surface area contributed by atoms with Crippen LogP contribution in [-0.4, -0.2) is 39.4 Å². The molecule has 0 amide bonds. The first-order valence-electron chi connectivity index (χ1n) is 9.86. The summed E-state index contributed by atoms with van der Waals surface area (Å²) in [4.78, 5) is 15.9. The van der Waals surface area contributed by atoms with Crippen LogP contribution in [0.2, 0.25) is 0 Å². The molecule has 5 rings (SSSR count). The number of aromatic nitrogens is 2. The van der Waals surface area contributed by atoms with Crippen molar-refractivity contribution in [1.82, 2.24) is 10.2 Å². The van der Waals surface area contributed by atoms with Gasteiger partial charge >= 0.3 is 5.97 Å². The van der Waals surface area contributed by atoms with Crippen molar-refractivity contribution in [3.8, 4) is 0 Å². The van der Waals surface area contributed by atoms with Crippen LogP contribution in [0.4, 0.5) is 21.5 Å². The van der Waals surface area contributed by atoms with Crippen LogP contribution in [-0.2, 0) is 4.79 Å². The Morgan fingerprint density at radius 3 is 2.62 bits per heavy atom. The van der Waals surface area contributed by atoms with Crippen molar-refractivity contribution in [3.05, 3.63) is 48.4 Å². The highest BCUT2D eigenvalue weighted by Gasteiger charge is 2.45. The maximum Gasteiger partial charge on any atom is 0.306 e. The maximum absolute atomic E-state index is 13.5. The Bertz CT molecular complexity index is 1090. The average Bonchev–Trinajstić information content (AvgIpc) is 3.07. The van der Waals surface area contributed by atoms with Crippen LogP contribution >= 0.6 is 0 Å². The van der Waals surface area contributed by atoms with E-state index in [1.54, 1.807) is 18.3 Å². The van der Waals surface area contributed by atoms with Crippen LogP contribution in [0.25, 0.3) is 10.9 Å². The monoisotopic (exact) mass is 394 g/mol. The van der Waals surface area contributed by atoms with E-state index in [9.17, 15) is 14.3 Å². The molecule has 2 heterocycles. The lowest BCUT2D eigenvalue weighted by molar-refractivity contribution is -0.145. The molecule has 1 aliphatic carbocycles. The van der Waals surface area contributed by atoms with E-state index in [4.69, 9.17) is 0 Å². The van der Waals surface area contributed by atoms with Gasteiger partial charge in [-0.15, -0.1) is 0 Å². The van der Waals surface area contributed by atoms with E-state index in [1.165, 1.54) is 12.1 Å². The third kappa shape index (κ3) is 2.84. The molecule has 7 heteroatoms. The van der Waals surface area contributed by atoms with Gasteiger partial charge in [0.15, 0.2) is 0 Å². The second-order valence-electron chi connectivity index (χ2n) is 8.71. The summed E-state index contributed by atoms with van der Waals surface area (Å²) in [5, 5.41) is 17.5. The molecule has 6 nitrogen and oxygen atoms in total. The molecule has 2 N–H and O–H groups in total. The summed E-state index contributed by atoms with van der Waals surface area (Å²) in [6.07, 6.45) is 3.11. The van der Waals surface area contributed by atoms with Gasteiger partial charge in [0.1, 0.15) is 5.82 Å². The molecule has 0 radical (unpaired) electrons. The minimum atomic E-state index is -0.713. The Morgan fingerprint density at radius 2 is 1.93 bits per heavy atom. The van der Waals surface area contributed by atoms with Crippen molar-refractivity contribution in [2.45, 2.75) is 38.3 Å². The molecule has 3 aromatic rings. The fourth-order valence-corrected chi connectivity index (χ4v) is 4.72. The number of aliphatic carboxylic acids is 1. The number of aromatic amines is 1. The van der Waals surface area contributed by atoms with Crippen LogP contribution in [0.5, 0.6) is 0 Å². The molecule has 0 spiro atoms. The molecular weight excluding hydrogens is 371 g/mol. The Kier molecular flexibility index (Phi) is 3.84. The third-order valence-corrected chi connectivity index (χ3v) is 6.24. The summed E-state index contributed by atoms with van der Waals surface area (Å²) in [5.74, 6) is -1.24. The van der Waals surface area contributed by atoms with E-state index in [-0.39, 0.29) is 23.3 Å². The first-order valence-corrected chi connectivity index (χ1v) is 9.86. The fraction of sp³-hybridized carbons (Fsp3) is 0.364. The Labute approximate surface area is 167 Å². The Balaban J connectivity index is 1.63. The second-order valence-corrected chi connectivity index (χ2v) is 8.71. The van der Waals surface area contributed by atoms with E-state index >= 15 is 0 Å². The van der Waals surface area contributed by atoms with Gasteiger partial charge in [0.25, 0.3) is 0 Å². The van der Waals surface area contributed by atoms with Crippen molar-refractivity contribution in [2.75, 3.05) is 16.3 Å². The number of hydrogen-bond acceptors (Lipinski definition) is 4. The number of carboxylic acids is 1. The van der Waals surface area contributed by atoms with Crippen molar-refractivity contribution < 1.29 is 14.3 Å². The number of carbonyl (C=O) groups is 1. The third-order valence-electron chi connectivity index (χ3n) is 6.24. The van der Waals surface area contributed by atoms with Gasteiger partial charge in [-0.25, -0.2) is 4.39 Å². The van der Waals surface area contributed by atoms with E-state index in [0.717, 1.165) is 34.5 Å². The van der Waals surface area contributed by atoms with Gasteiger partial charge in [-0.1, -0.05) is 0 Å². The Hall–Kier alpha value is -3.09. The molecule has 1 fully saturated rings. The number of nitrogens with zero attached hydrogens (tertiary/aromatic N) is 3. The topological polar surface area (TPSA) is 72.5 Å². The van der Waals surface area contributed by atoms with Gasteiger partial charge in [0.05, 0.1) is 34.5 Å². The zero-order chi connectivity index (χ0) is 20.3. The van der Waals surface area contributed by atoms with Crippen LogP contribution < -0.4 is 9.80 Å². The predicted molar refractivity (Wildman–Crippen MR) is 110 cm³/mol. The van der Waals surface area contributed by atoms with Crippen molar-refractivity contribution in [2.24, 2.45) is 5.92 Å². The van der Waals surface area contributed by atoms with Crippen molar-refractivity contribution in [3.63, 3.8) is 0 Å². The van der Waals surface area contributed by atoms with Crippen LogP contribution in [0.1, 0.15) is 26.7 Å². The molecule has 1 aromatic heterocycles. The lowest BCUT2D eigenvalue weighted by Crippen LogP contribution is -2.59. The summed E-state index contributed by atoms with van der Waals surface area (Å²) >= 11 is 0. The number of fused-ring (bicyclic) bond motifs is 2. The summed E-state index contributed by atoms with van der Waals surface area (Å²) < 4.78 is 13.5. The van der Waals surface area contributed by atoms with Gasteiger partial charge in [-0.3, -0.25) is 9.89 Å². The van der Waals surface area contributed by atoms with Crippen molar-refractivity contribution in [1.29, 1.82) is 0 Å². The fourth-order valence-electron chi connectivity index (χ4n) is 4.72. The smallest absolute Gasteiger partial charge is 0.306 e. The van der Waals surface area contributed by atoms with Crippen molar-refractivity contribution >= 4 is 33.9 Å². The summed E-state index contributed by atoms with van der Waals surface area (Å²) in [5.41, 5.74) is 3.69. The highest BCUT2D eigenvalue weighted by atomic mass is 19.1. The van der Waals surface area contributed by atoms with Gasteiger partial charge in [0, 0.05) is 23.7 Å². The highest BCUT2D eigenvalue weighted by Crippen LogP contribution is 2.49. The molecule has 2 aliphatic rings. The number of benzene rings is 2. The minimum Gasteiger partial charge on any atom is -0.481 e. The normalized spacial score (nSPS) is 23.0. The number of rotatable bonds is 3. The molecule has 0 saturated heterocycles. The molecular formula is C22H23FN4O2. The zero-order valence-electron chi connectivity index (χ0n) is 16.4. The minimum absolute atomic E-state index is 0.199. The van der Waals surface area contributed by atoms with E-state index in [1.807, 2.05) is 0 Å². The SMILES string of the molecule is CC1(C)CN(C2CC(C(=O)O)C2)c2cc3[nH]ncc3cc2N1c1ccc(F)cc1. The van der Waals surface area contributed by atoms with E-state index in [2.05, 4.69) is 46.0 Å². The number of carboxylic acid groups (broad SMARTS) is 1. The quantitative estimate of drug-likeness (QED) is 0.693. The van der Waals surface area contributed by atoms with Gasteiger partial charge in [-0.05, 0) is 63.1 Å². The molecule has 2 aromatic carbocycles. The van der Waals surface area contributed by atoms with E-state index in [0.29, 0.717) is 12.8 Å². The Morgan fingerprint density at radius 1 is 1.21 bits per heavy atom. The zero-order valence-corrected chi connectivity index (χ0v) is 16.4. The first kappa shape index (κ1) is 18.0. The summed E-state index contributed by atoms with van der Waals surface area (Å²) in [6, 6.07) is 11.0. The largest absolute Gasteiger partial charge is 0.481 e. The lowest BCUT2D eigenvalue weighted by atomic mass is 9.77. The summed E-state index contributed by atoms with van der Waals surface area (Å²) in [7, 11) is 0. The maximum atomic E-state index is 13.5. The predicted octanol–water partition coefficient (Wildman–Crippen LogP) is 4.30. The molecule has 0 atom stereocenters. The molecule has 0 unspecified atom stereocenters. The number of anilines is 3. The number of H-pyrrole nitrogens is 1. The summed E-state index contributed by atoms with van der Waals surface area (Å²) in [6.45, 7) is 5.08. The van der Waals surface area contributed by atoms with Gasteiger partial charge in [-0.2, -0.15) is 5.10 Å². The van der Waals surface area contributed by atoms with Crippen LogP contribution in [0.15, 0.2) is 42.6 Å². The number of hydrogen-bond donors (Lipinski definition) is 2. The molecule has 29 heavy (non-hydrogen) atoms. The van der Waals surface area contributed by atoms with Gasteiger partial charge in [0.2, 0.25) is 0 Å². The second kappa shape index (κ2) is 6.20. The lowest BCUT2D eigenvalue weighted by Gasteiger charge is -2.54. The number of halogens is 1. The molecule has 150 valence electrons.